The molecule has 0 saturated carbocycles. The third kappa shape index (κ3) is 68.6. The summed E-state index contributed by atoms with van der Waals surface area (Å²) in [6.07, 6.45) is 80.5. The molecule has 0 heterocycles. The molecule has 0 spiro atoms. The van der Waals surface area contributed by atoms with Crippen LogP contribution < -0.4 is 0 Å². The van der Waals surface area contributed by atoms with Crippen LogP contribution in [0.4, 0.5) is 0 Å². The van der Waals surface area contributed by atoms with Crippen LogP contribution >= 0.6 is 15.6 Å². The largest absolute Gasteiger partial charge is 0.472 e. The van der Waals surface area contributed by atoms with Crippen LogP contribution in [0.25, 0.3) is 0 Å². The molecule has 0 amide bonds. The molecule has 530 valence electrons. The number of esters is 3. The predicted octanol–water partition coefficient (Wildman–Crippen LogP) is 19.8. The van der Waals surface area contributed by atoms with Crippen LogP contribution in [0.2, 0.25) is 0 Å². The van der Waals surface area contributed by atoms with Gasteiger partial charge in [-0.05, 0) is 135 Å². The van der Waals surface area contributed by atoms with E-state index in [1.165, 1.54) is 51.4 Å². The van der Waals surface area contributed by atoms with Crippen molar-refractivity contribution in [2.45, 2.75) is 270 Å². The van der Waals surface area contributed by atoms with Gasteiger partial charge in [0.1, 0.15) is 25.4 Å². The second-order valence-corrected chi connectivity index (χ2v) is 25.8. The van der Waals surface area contributed by atoms with Gasteiger partial charge in [0.05, 0.1) is 26.4 Å². The number of carbonyl (C=O) groups excluding carboxylic acids is 3. The Bertz CT molecular complexity index is 2280. The molecule has 4 N–H and O–H groups in total. The van der Waals surface area contributed by atoms with Gasteiger partial charge in [-0.15, -0.1) is 0 Å². The number of hydrogen-bond acceptors (Lipinski definition) is 14. The summed E-state index contributed by atoms with van der Waals surface area (Å²) in [4.78, 5) is 58.4. The van der Waals surface area contributed by atoms with Gasteiger partial charge in [-0.2, -0.15) is 0 Å². The fourth-order valence-corrected chi connectivity index (χ4v) is 10.3. The zero-order valence-corrected chi connectivity index (χ0v) is 59.2. The highest BCUT2D eigenvalue weighted by Crippen LogP contribution is 2.45. The van der Waals surface area contributed by atoms with Crippen LogP contribution in [0.3, 0.4) is 0 Å². The van der Waals surface area contributed by atoms with Crippen molar-refractivity contribution in [2.75, 3.05) is 39.6 Å². The van der Waals surface area contributed by atoms with Gasteiger partial charge >= 0.3 is 33.6 Å². The van der Waals surface area contributed by atoms with Crippen molar-refractivity contribution in [3.05, 3.63) is 146 Å². The van der Waals surface area contributed by atoms with Gasteiger partial charge < -0.3 is 34.2 Å². The highest BCUT2D eigenvalue weighted by atomic mass is 31.2. The Balaban J connectivity index is 4.65. The first-order chi connectivity index (χ1) is 45.2. The van der Waals surface area contributed by atoms with Gasteiger partial charge in [0, 0.05) is 19.3 Å². The van der Waals surface area contributed by atoms with Gasteiger partial charge in [0.25, 0.3) is 0 Å². The van der Waals surface area contributed by atoms with E-state index in [1.807, 2.05) is 12.2 Å². The third-order valence-electron chi connectivity index (χ3n) is 14.0. The Morgan fingerprint density at radius 3 is 0.946 bits per heavy atom. The molecule has 93 heavy (non-hydrogen) atoms. The molecule has 5 atom stereocenters. The molecule has 0 bridgehead atoms. The maximum absolute atomic E-state index is 12.9. The summed E-state index contributed by atoms with van der Waals surface area (Å²) >= 11 is 0. The summed E-state index contributed by atoms with van der Waals surface area (Å²) in [5, 5.41) is 20.6. The third-order valence-corrected chi connectivity index (χ3v) is 15.9. The number of ether oxygens (including phenoxy) is 3. The fraction of sp³-hybridized carbons (Fsp3) is 0.640. The zero-order chi connectivity index (χ0) is 68.1. The first kappa shape index (κ1) is 88.4. The maximum atomic E-state index is 12.9. The molecule has 0 aromatic carbocycles. The number of carbonyl (C=O) groups is 3. The molecule has 0 aliphatic rings. The lowest BCUT2D eigenvalue weighted by atomic mass is 10.1. The first-order valence-electron chi connectivity index (χ1n) is 35.1. The number of phosphoric acid groups is 2. The number of unbranched alkanes of at least 4 members (excludes halogenated alkanes) is 18. The van der Waals surface area contributed by atoms with Crippen molar-refractivity contribution in [1.82, 2.24) is 0 Å². The summed E-state index contributed by atoms with van der Waals surface area (Å²) in [5.74, 6) is -1.68. The summed E-state index contributed by atoms with van der Waals surface area (Å²) in [7, 11) is -9.81. The number of phosphoric ester groups is 2. The summed E-state index contributed by atoms with van der Waals surface area (Å²) in [5.41, 5.74) is 0. The van der Waals surface area contributed by atoms with E-state index in [1.54, 1.807) is 0 Å². The average Bonchev–Trinajstić information content (AvgIpc) is 3.14. The van der Waals surface area contributed by atoms with Crippen LogP contribution in [0.5, 0.6) is 0 Å². The first-order valence-corrected chi connectivity index (χ1v) is 38.1. The van der Waals surface area contributed by atoms with E-state index in [9.17, 15) is 43.5 Å². The number of hydrogen-bond donors (Lipinski definition) is 4. The number of rotatable bonds is 65. The van der Waals surface area contributed by atoms with E-state index >= 15 is 0 Å². The normalized spacial score (nSPS) is 15.0. The molecule has 0 rings (SSSR count). The van der Waals surface area contributed by atoms with Crippen LogP contribution in [0.1, 0.15) is 252 Å². The molecule has 0 aliphatic heterocycles. The Morgan fingerprint density at radius 1 is 0.312 bits per heavy atom. The van der Waals surface area contributed by atoms with Gasteiger partial charge in [-0.3, -0.25) is 32.5 Å². The summed E-state index contributed by atoms with van der Waals surface area (Å²) in [6, 6.07) is 0. The van der Waals surface area contributed by atoms with E-state index in [0.29, 0.717) is 25.7 Å². The lowest BCUT2D eigenvalue weighted by Crippen LogP contribution is -2.30. The number of aliphatic hydroxyl groups excluding tert-OH is 2. The van der Waals surface area contributed by atoms with E-state index in [0.717, 1.165) is 135 Å². The van der Waals surface area contributed by atoms with E-state index < -0.39 is 91.5 Å². The molecule has 0 radical (unpaired) electrons. The Labute approximate surface area is 562 Å². The SMILES string of the molecule is CC/C=C\C/C=C\C/C=C\C/C=C\C/C=C\CCCC(=O)OCC(COP(=O)(O)OCC(O)COP(=O)(O)OCC(O)COC(=O)CCCCCCCCCCC/C=C\C/C=C\C/C=C\C/C=C\CCCCC)OC(=O)CCCCCCC/C=C\C/C=C\C/C=C\CC. The van der Waals surface area contributed by atoms with Crippen molar-refractivity contribution in [1.29, 1.82) is 0 Å². The van der Waals surface area contributed by atoms with Crippen molar-refractivity contribution < 1.29 is 75.8 Å². The second-order valence-electron chi connectivity index (χ2n) is 22.9. The average molecular weight is 1340 g/mol. The molecule has 0 aromatic heterocycles. The quantitative estimate of drug-likeness (QED) is 0.0146. The monoisotopic (exact) mass is 1340 g/mol. The number of allylic oxidation sites excluding steroid dienone is 24. The van der Waals surface area contributed by atoms with Crippen LogP contribution in [0.15, 0.2) is 146 Å². The topological polar surface area (TPSA) is 231 Å². The van der Waals surface area contributed by atoms with Gasteiger partial charge in [0.2, 0.25) is 0 Å². The fourth-order valence-electron chi connectivity index (χ4n) is 8.72. The Kier molecular flexibility index (Phi) is 64.1. The molecular formula is C75H124O16P2. The molecule has 16 nitrogen and oxygen atoms in total. The highest BCUT2D eigenvalue weighted by molar-refractivity contribution is 7.47. The van der Waals surface area contributed by atoms with Crippen LogP contribution in [-0.2, 0) is 55.8 Å². The minimum absolute atomic E-state index is 0.0677. The van der Waals surface area contributed by atoms with Crippen molar-refractivity contribution in [3.8, 4) is 0 Å². The molecule has 5 unspecified atom stereocenters. The minimum Gasteiger partial charge on any atom is -0.463 e. The second kappa shape index (κ2) is 67.4. The van der Waals surface area contributed by atoms with Crippen LogP contribution in [0, 0.1) is 0 Å². The van der Waals surface area contributed by atoms with Crippen LogP contribution in [-0.4, -0.2) is 95.9 Å². The van der Waals surface area contributed by atoms with E-state index in [2.05, 4.69) is 154 Å². The standard InChI is InChI=1S/C75H124O16P2/c1-4-7-10-13-16-19-22-25-28-30-31-32-33-34-35-36-37-39-42-43-46-49-52-55-58-61-73(78)85-64-70(76)65-87-92(81,82)88-66-71(77)67-89-93(83,84)90-69-72(91-75(80)63-60-57-54-51-48-45-40-27-24-21-18-15-12-9-6-3)68-86-74(79)62-59-56-53-50-47-44-41-38-29-26-23-20-17-14-11-8-5-2/h8-9,11-12,16-21,25-29,31-32,34-35,40-41,44,50,53,70-72,76-77H,4-7,10,13-15,22-24,30,33,36-39,42-43,45-49,51-52,54-69H2,1-3H3,(H,81,82)(H,83,84)/b11-8-,12-9-,19-16-,20-17-,21-18-,28-25-,29-26-,32-31-,35-34-,40-27-,44-41-,53-50-. The summed E-state index contributed by atoms with van der Waals surface area (Å²) in [6.45, 7) is 2.30. The zero-order valence-electron chi connectivity index (χ0n) is 57.4. The van der Waals surface area contributed by atoms with Crippen molar-refractivity contribution in [3.63, 3.8) is 0 Å². The molecule has 0 aliphatic carbocycles. The smallest absolute Gasteiger partial charge is 0.463 e. The summed E-state index contributed by atoms with van der Waals surface area (Å²) < 4.78 is 60.8. The van der Waals surface area contributed by atoms with Crippen molar-refractivity contribution in [2.24, 2.45) is 0 Å². The van der Waals surface area contributed by atoms with E-state index in [4.69, 9.17) is 32.3 Å². The molecule has 0 saturated heterocycles. The molecule has 18 heteroatoms. The molecule has 0 fully saturated rings. The molecule has 0 aromatic rings. The van der Waals surface area contributed by atoms with Gasteiger partial charge in [-0.1, -0.05) is 244 Å². The molecular weight excluding hydrogens is 1220 g/mol. The Morgan fingerprint density at radius 2 is 0.581 bits per heavy atom. The lowest BCUT2D eigenvalue weighted by Gasteiger charge is -2.21. The van der Waals surface area contributed by atoms with Crippen molar-refractivity contribution >= 4 is 33.6 Å². The predicted molar refractivity (Wildman–Crippen MR) is 380 cm³/mol. The maximum Gasteiger partial charge on any atom is 0.472 e. The van der Waals surface area contributed by atoms with Gasteiger partial charge in [0.15, 0.2) is 6.10 Å². The van der Waals surface area contributed by atoms with E-state index in [-0.39, 0.29) is 19.3 Å². The highest BCUT2D eigenvalue weighted by Gasteiger charge is 2.29. The minimum atomic E-state index is -4.95. The number of aliphatic hydroxyl groups is 2. The lowest BCUT2D eigenvalue weighted by molar-refractivity contribution is -0.161. The van der Waals surface area contributed by atoms with Gasteiger partial charge in [-0.25, -0.2) is 9.13 Å². The Hall–Kier alpha value is -4.57.